The molecule has 0 aliphatic heterocycles. The maximum atomic E-state index is 13.4. The topological polar surface area (TPSA) is 35.2 Å². The molecule has 18 heavy (non-hydrogen) atoms. The molecule has 0 heterocycles. The molecule has 1 atom stereocenters. The van der Waals surface area contributed by atoms with Crippen LogP contribution in [0, 0.1) is 5.82 Å². The molecule has 0 spiro atoms. The van der Waals surface area contributed by atoms with E-state index in [2.05, 4.69) is 0 Å². The van der Waals surface area contributed by atoms with Crippen LogP contribution < -0.4 is 10.5 Å². The van der Waals surface area contributed by atoms with E-state index in [4.69, 9.17) is 10.5 Å². The van der Waals surface area contributed by atoms with Crippen molar-refractivity contribution in [1.29, 1.82) is 0 Å². The SMILES string of the molecule is CCC(N)Cc1cc(F)cc(OCC=C(C)C)c1. The van der Waals surface area contributed by atoms with E-state index in [-0.39, 0.29) is 11.9 Å². The smallest absolute Gasteiger partial charge is 0.127 e. The fraction of sp³-hybridized carbons (Fsp3) is 0.467. The van der Waals surface area contributed by atoms with Gasteiger partial charge in [0.05, 0.1) is 0 Å². The standard InChI is InChI=1S/C15H22FNO/c1-4-14(17)8-12-7-13(16)10-15(9-12)18-6-5-11(2)3/h5,7,9-10,14H,4,6,8,17H2,1-3H3. The average molecular weight is 251 g/mol. The van der Waals surface area contributed by atoms with Crippen LogP contribution >= 0.6 is 0 Å². The third-order valence-electron chi connectivity index (χ3n) is 2.69. The van der Waals surface area contributed by atoms with Crippen molar-refractivity contribution in [2.75, 3.05) is 6.61 Å². The predicted molar refractivity (Wildman–Crippen MR) is 73.3 cm³/mol. The van der Waals surface area contributed by atoms with Crippen LogP contribution in [0.1, 0.15) is 32.8 Å². The summed E-state index contributed by atoms with van der Waals surface area (Å²) in [7, 11) is 0. The molecule has 0 aliphatic carbocycles. The van der Waals surface area contributed by atoms with E-state index in [0.717, 1.165) is 12.0 Å². The predicted octanol–water partition coefficient (Wildman–Crippen LogP) is 3.45. The Balaban J connectivity index is 2.71. The fourth-order valence-electron chi connectivity index (χ4n) is 1.57. The molecule has 100 valence electrons. The van der Waals surface area contributed by atoms with Gasteiger partial charge in [0, 0.05) is 12.1 Å². The van der Waals surface area contributed by atoms with Crippen molar-refractivity contribution in [2.24, 2.45) is 5.73 Å². The summed E-state index contributed by atoms with van der Waals surface area (Å²) in [6.07, 6.45) is 3.51. The minimum atomic E-state index is -0.275. The van der Waals surface area contributed by atoms with E-state index < -0.39 is 0 Å². The van der Waals surface area contributed by atoms with Gasteiger partial charge in [0.2, 0.25) is 0 Å². The number of rotatable bonds is 6. The van der Waals surface area contributed by atoms with Gasteiger partial charge in [-0.1, -0.05) is 12.5 Å². The zero-order valence-electron chi connectivity index (χ0n) is 11.4. The van der Waals surface area contributed by atoms with E-state index >= 15 is 0 Å². The first-order chi connectivity index (χ1) is 8.51. The third kappa shape index (κ3) is 5.32. The zero-order valence-corrected chi connectivity index (χ0v) is 11.4. The monoisotopic (exact) mass is 251 g/mol. The molecule has 2 N–H and O–H groups in total. The van der Waals surface area contributed by atoms with Crippen LogP contribution in [-0.4, -0.2) is 12.6 Å². The first-order valence-corrected chi connectivity index (χ1v) is 6.32. The summed E-state index contributed by atoms with van der Waals surface area (Å²) >= 11 is 0. The van der Waals surface area contributed by atoms with Crippen LogP contribution in [0.5, 0.6) is 5.75 Å². The van der Waals surface area contributed by atoms with E-state index in [9.17, 15) is 4.39 Å². The van der Waals surface area contributed by atoms with Crippen molar-refractivity contribution in [3.63, 3.8) is 0 Å². The normalized spacial score (nSPS) is 12.1. The molecular formula is C15H22FNO. The van der Waals surface area contributed by atoms with Gasteiger partial charge < -0.3 is 10.5 Å². The Hall–Kier alpha value is -1.35. The molecule has 1 aromatic carbocycles. The summed E-state index contributed by atoms with van der Waals surface area (Å²) in [5.41, 5.74) is 7.94. The lowest BCUT2D eigenvalue weighted by Gasteiger charge is -2.11. The lowest BCUT2D eigenvalue weighted by atomic mass is 10.0. The minimum absolute atomic E-state index is 0.0671. The fourth-order valence-corrected chi connectivity index (χ4v) is 1.57. The Morgan fingerprint density at radius 3 is 2.72 bits per heavy atom. The highest BCUT2D eigenvalue weighted by Gasteiger charge is 2.05. The Kier molecular flexibility index (Phi) is 5.86. The van der Waals surface area contributed by atoms with Gasteiger partial charge in [0.25, 0.3) is 0 Å². The largest absolute Gasteiger partial charge is 0.489 e. The van der Waals surface area contributed by atoms with Crippen LogP contribution in [0.15, 0.2) is 29.8 Å². The molecule has 0 saturated carbocycles. The van der Waals surface area contributed by atoms with Gasteiger partial charge in [-0.2, -0.15) is 0 Å². The average Bonchev–Trinajstić information content (AvgIpc) is 2.27. The van der Waals surface area contributed by atoms with Gasteiger partial charge in [-0.25, -0.2) is 4.39 Å². The number of benzene rings is 1. The summed E-state index contributed by atoms with van der Waals surface area (Å²) in [6, 6.07) is 4.85. The molecule has 0 aromatic heterocycles. The van der Waals surface area contributed by atoms with Crippen LogP contribution in [0.2, 0.25) is 0 Å². The first-order valence-electron chi connectivity index (χ1n) is 6.32. The van der Waals surface area contributed by atoms with Gasteiger partial charge in [-0.05, 0) is 50.5 Å². The Labute approximate surface area is 109 Å². The maximum Gasteiger partial charge on any atom is 0.127 e. The highest BCUT2D eigenvalue weighted by molar-refractivity contribution is 5.30. The number of halogens is 1. The number of hydrogen-bond donors (Lipinski definition) is 1. The van der Waals surface area contributed by atoms with Crippen molar-refractivity contribution in [1.82, 2.24) is 0 Å². The summed E-state index contributed by atoms with van der Waals surface area (Å²) in [6.45, 7) is 6.49. The summed E-state index contributed by atoms with van der Waals surface area (Å²) in [5, 5.41) is 0. The summed E-state index contributed by atoms with van der Waals surface area (Å²) in [4.78, 5) is 0. The minimum Gasteiger partial charge on any atom is -0.489 e. The van der Waals surface area contributed by atoms with Crippen molar-refractivity contribution >= 4 is 0 Å². The van der Waals surface area contributed by atoms with Gasteiger partial charge in [-0.15, -0.1) is 0 Å². The number of nitrogens with two attached hydrogens (primary N) is 1. The lowest BCUT2D eigenvalue weighted by molar-refractivity contribution is 0.359. The van der Waals surface area contributed by atoms with Gasteiger partial charge in [-0.3, -0.25) is 0 Å². The summed E-state index contributed by atoms with van der Waals surface area (Å²) in [5.74, 6) is 0.286. The number of ether oxygens (including phenoxy) is 1. The van der Waals surface area contributed by atoms with Crippen molar-refractivity contribution in [3.05, 3.63) is 41.2 Å². The Morgan fingerprint density at radius 2 is 2.11 bits per heavy atom. The highest BCUT2D eigenvalue weighted by Crippen LogP contribution is 2.18. The van der Waals surface area contributed by atoms with Crippen LogP contribution in [0.25, 0.3) is 0 Å². The van der Waals surface area contributed by atoms with Crippen molar-refractivity contribution in [2.45, 2.75) is 39.7 Å². The number of allylic oxidation sites excluding steroid dienone is 1. The molecule has 0 saturated heterocycles. The third-order valence-corrected chi connectivity index (χ3v) is 2.69. The zero-order chi connectivity index (χ0) is 13.5. The lowest BCUT2D eigenvalue weighted by Crippen LogP contribution is -2.21. The second kappa shape index (κ2) is 7.17. The highest BCUT2D eigenvalue weighted by atomic mass is 19.1. The molecule has 0 bridgehead atoms. The Morgan fingerprint density at radius 1 is 1.39 bits per heavy atom. The maximum absolute atomic E-state index is 13.4. The first kappa shape index (κ1) is 14.7. The van der Waals surface area contributed by atoms with Gasteiger partial charge >= 0.3 is 0 Å². The molecule has 0 amide bonds. The molecule has 1 unspecified atom stereocenters. The second-order valence-corrected chi connectivity index (χ2v) is 4.76. The van der Waals surface area contributed by atoms with Crippen molar-refractivity contribution < 1.29 is 9.13 Å². The molecule has 0 aliphatic rings. The van der Waals surface area contributed by atoms with E-state index in [1.807, 2.05) is 32.9 Å². The Bertz CT molecular complexity index is 411. The molecule has 0 fully saturated rings. The van der Waals surface area contributed by atoms with Crippen LogP contribution in [0.3, 0.4) is 0 Å². The van der Waals surface area contributed by atoms with Gasteiger partial charge in [0.1, 0.15) is 18.2 Å². The van der Waals surface area contributed by atoms with Crippen LogP contribution in [0.4, 0.5) is 4.39 Å². The molecule has 1 aromatic rings. The second-order valence-electron chi connectivity index (χ2n) is 4.76. The van der Waals surface area contributed by atoms with E-state index in [1.165, 1.54) is 17.7 Å². The van der Waals surface area contributed by atoms with E-state index in [0.29, 0.717) is 18.8 Å². The molecule has 2 nitrogen and oxygen atoms in total. The van der Waals surface area contributed by atoms with Gasteiger partial charge in [0.15, 0.2) is 0 Å². The van der Waals surface area contributed by atoms with E-state index in [1.54, 1.807) is 0 Å². The summed E-state index contributed by atoms with van der Waals surface area (Å²) < 4.78 is 18.9. The number of hydrogen-bond acceptors (Lipinski definition) is 2. The van der Waals surface area contributed by atoms with Crippen molar-refractivity contribution in [3.8, 4) is 5.75 Å². The molecule has 3 heteroatoms. The quantitative estimate of drug-likeness (QED) is 0.786. The molecular weight excluding hydrogens is 229 g/mol. The molecule has 1 rings (SSSR count). The molecule has 0 radical (unpaired) electrons. The van der Waals surface area contributed by atoms with Crippen LogP contribution in [-0.2, 0) is 6.42 Å².